The van der Waals surface area contributed by atoms with Crippen LogP contribution in [0.1, 0.15) is 28.3 Å². The van der Waals surface area contributed by atoms with Gasteiger partial charge in [-0.05, 0) is 40.8 Å². The molecule has 0 spiro atoms. The first-order chi connectivity index (χ1) is 18.7. The molecule has 4 aromatic carbocycles. The van der Waals surface area contributed by atoms with Gasteiger partial charge in [0.25, 0.3) is 0 Å². The minimum Gasteiger partial charge on any atom is -0.493 e. The summed E-state index contributed by atoms with van der Waals surface area (Å²) in [5.41, 5.74) is 4.48. The maximum absolute atomic E-state index is 14.4. The van der Waals surface area contributed by atoms with Crippen molar-refractivity contribution in [1.29, 1.82) is 0 Å². The van der Waals surface area contributed by atoms with Crippen molar-refractivity contribution >= 4 is 5.91 Å². The van der Waals surface area contributed by atoms with E-state index in [1.165, 1.54) is 5.56 Å². The van der Waals surface area contributed by atoms with Crippen molar-refractivity contribution in [3.05, 3.63) is 131 Å². The summed E-state index contributed by atoms with van der Waals surface area (Å²) in [5, 5.41) is 0. The lowest BCUT2D eigenvalue weighted by molar-refractivity contribution is -0.144. The standard InChI is InChI=1S/C33H34N2O3/c1-37-30-19-18-26(23-31(30)38-2)22-29-33(36)35(21-20-34(29)24-25-12-6-3-7-13-25)32(27-14-8-4-9-15-27)28-16-10-5-11-17-28/h3-19,23,29,32H,20-22,24H2,1-2H3. The van der Waals surface area contributed by atoms with E-state index in [2.05, 4.69) is 58.3 Å². The molecule has 5 heteroatoms. The fourth-order valence-electron chi connectivity index (χ4n) is 5.38. The van der Waals surface area contributed by atoms with E-state index in [0.717, 1.165) is 29.8 Å². The fraction of sp³-hybridized carbons (Fsp3) is 0.242. The molecule has 1 heterocycles. The molecule has 1 saturated heterocycles. The van der Waals surface area contributed by atoms with Crippen LogP contribution in [-0.4, -0.2) is 49.1 Å². The number of carbonyl (C=O) groups excluding carboxylic acids is 1. The highest BCUT2D eigenvalue weighted by atomic mass is 16.5. The molecule has 5 rings (SSSR count). The Morgan fingerprint density at radius 2 is 1.29 bits per heavy atom. The van der Waals surface area contributed by atoms with Crippen molar-refractivity contribution in [1.82, 2.24) is 9.80 Å². The molecule has 194 valence electrons. The van der Waals surface area contributed by atoms with Gasteiger partial charge < -0.3 is 14.4 Å². The van der Waals surface area contributed by atoms with Crippen LogP contribution in [0.15, 0.2) is 109 Å². The summed E-state index contributed by atoms with van der Waals surface area (Å²) in [4.78, 5) is 18.8. The smallest absolute Gasteiger partial charge is 0.241 e. The largest absolute Gasteiger partial charge is 0.493 e. The summed E-state index contributed by atoms with van der Waals surface area (Å²) in [6, 6.07) is 36.5. The van der Waals surface area contributed by atoms with E-state index in [1.54, 1.807) is 14.2 Å². The molecule has 1 fully saturated rings. The third kappa shape index (κ3) is 5.58. The summed E-state index contributed by atoms with van der Waals surface area (Å²) in [7, 11) is 3.27. The van der Waals surface area contributed by atoms with Crippen LogP contribution < -0.4 is 9.47 Å². The van der Waals surface area contributed by atoms with Crippen LogP contribution in [-0.2, 0) is 17.8 Å². The van der Waals surface area contributed by atoms with E-state index in [0.29, 0.717) is 24.5 Å². The Balaban J connectivity index is 1.50. The summed E-state index contributed by atoms with van der Waals surface area (Å²) >= 11 is 0. The van der Waals surface area contributed by atoms with Crippen LogP contribution in [0.25, 0.3) is 0 Å². The summed E-state index contributed by atoms with van der Waals surface area (Å²) in [5.74, 6) is 1.49. The van der Waals surface area contributed by atoms with Gasteiger partial charge in [-0.1, -0.05) is 97.1 Å². The van der Waals surface area contributed by atoms with E-state index < -0.39 is 0 Å². The Kier molecular flexibility index (Phi) is 8.05. The monoisotopic (exact) mass is 506 g/mol. The molecule has 1 atom stereocenters. The Labute approximate surface area is 225 Å². The number of methoxy groups -OCH3 is 2. The Morgan fingerprint density at radius 1 is 0.711 bits per heavy atom. The van der Waals surface area contributed by atoms with Gasteiger partial charge in [-0.3, -0.25) is 9.69 Å². The predicted molar refractivity (Wildman–Crippen MR) is 150 cm³/mol. The number of rotatable bonds is 9. The summed E-state index contributed by atoms with van der Waals surface area (Å²) < 4.78 is 11.0. The van der Waals surface area contributed by atoms with Gasteiger partial charge >= 0.3 is 0 Å². The molecular weight excluding hydrogens is 472 g/mol. The minimum absolute atomic E-state index is 0.139. The number of hydrogen-bond acceptors (Lipinski definition) is 4. The third-order valence-electron chi connectivity index (χ3n) is 7.28. The molecule has 0 aromatic heterocycles. The van der Waals surface area contributed by atoms with Gasteiger partial charge in [0.2, 0.25) is 5.91 Å². The summed E-state index contributed by atoms with van der Waals surface area (Å²) in [6.07, 6.45) is 0.582. The Bertz CT molecular complexity index is 1290. The quantitative estimate of drug-likeness (QED) is 0.290. The van der Waals surface area contributed by atoms with Crippen LogP contribution in [0.4, 0.5) is 0 Å². The van der Waals surface area contributed by atoms with Gasteiger partial charge in [-0.25, -0.2) is 0 Å². The first-order valence-corrected chi connectivity index (χ1v) is 13.1. The molecule has 0 aliphatic carbocycles. The molecule has 38 heavy (non-hydrogen) atoms. The van der Waals surface area contributed by atoms with Crippen LogP contribution in [0, 0.1) is 0 Å². The molecule has 1 unspecified atom stereocenters. The second kappa shape index (κ2) is 12.0. The number of amides is 1. The van der Waals surface area contributed by atoms with Crippen molar-refractivity contribution in [2.24, 2.45) is 0 Å². The fourth-order valence-corrected chi connectivity index (χ4v) is 5.38. The predicted octanol–water partition coefficient (Wildman–Crippen LogP) is 5.75. The molecule has 0 N–H and O–H groups in total. The van der Waals surface area contributed by atoms with E-state index in [-0.39, 0.29) is 18.0 Å². The van der Waals surface area contributed by atoms with Crippen LogP contribution >= 0.6 is 0 Å². The highest BCUT2D eigenvalue weighted by Crippen LogP contribution is 2.34. The van der Waals surface area contributed by atoms with E-state index in [9.17, 15) is 4.79 Å². The van der Waals surface area contributed by atoms with E-state index >= 15 is 0 Å². The maximum Gasteiger partial charge on any atom is 0.241 e. The zero-order chi connectivity index (χ0) is 26.3. The molecule has 4 aromatic rings. The first kappa shape index (κ1) is 25.6. The molecule has 0 bridgehead atoms. The normalized spacial score (nSPS) is 16.0. The summed E-state index contributed by atoms with van der Waals surface area (Å²) in [6.45, 7) is 2.16. The van der Waals surface area contributed by atoms with Gasteiger partial charge in [0.1, 0.15) is 0 Å². The molecule has 0 radical (unpaired) electrons. The molecule has 5 nitrogen and oxygen atoms in total. The Hall–Kier alpha value is -4.09. The van der Waals surface area contributed by atoms with Crippen LogP contribution in [0.3, 0.4) is 0 Å². The Morgan fingerprint density at radius 3 is 1.87 bits per heavy atom. The van der Waals surface area contributed by atoms with Gasteiger partial charge in [0.15, 0.2) is 11.5 Å². The third-order valence-corrected chi connectivity index (χ3v) is 7.28. The van der Waals surface area contributed by atoms with E-state index in [4.69, 9.17) is 9.47 Å². The van der Waals surface area contributed by atoms with Crippen LogP contribution in [0.5, 0.6) is 11.5 Å². The number of piperazine rings is 1. The second-order valence-corrected chi connectivity index (χ2v) is 9.62. The number of carbonyl (C=O) groups is 1. The molecular formula is C33H34N2O3. The van der Waals surface area contributed by atoms with Crippen LogP contribution in [0.2, 0.25) is 0 Å². The lowest BCUT2D eigenvalue weighted by Gasteiger charge is -2.44. The molecule has 1 aliphatic heterocycles. The molecule has 0 saturated carbocycles. The average Bonchev–Trinajstić information content (AvgIpc) is 2.98. The topological polar surface area (TPSA) is 42.0 Å². The van der Waals surface area contributed by atoms with Gasteiger partial charge in [0, 0.05) is 19.6 Å². The minimum atomic E-state index is -0.308. The lowest BCUT2D eigenvalue weighted by Crippen LogP contribution is -2.58. The molecule has 1 amide bonds. The first-order valence-electron chi connectivity index (χ1n) is 13.1. The highest BCUT2D eigenvalue weighted by Gasteiger charge is 2.39. The average molecular weight is 507 g/mol. The van der Waals surface area contributed by atoms with Crippen molar-refractivity contribution < 1.29 is 14.3 Å². The number of ether oxygens (including phenoxy) is 2. The second-order valence-electron chi connectivity index (χ2n) is 9.62. The zero-order valence-corrected chi connectivity index (χ0v) is 22.0. The van der Waals surface area contributed by atoms with Gasteiger partial charge in [-0.15, -0.1) is 0 Å². The zero-order valence-electron chi connectivity index (χ0n) is 22.0. The van der Waals surface area contributed by atoms with Crippen molar-refractivity contribution in [3.8, 4) is 11.5 Å². The number of benzene rings is 4. The number of nitrogens with zero attached hydrogens (tertiary/aromatic N) is 2. The highest BCUT2D eigenvalue weighted by molar-refractivity contribution is 5.84. The van der Waals surface area contributed by atoms with Gasteiger partial charge in [-0.2, -0.15) is 0 Å². The van der Waals surface area contributed by atoms with Crippen molar-refractivity contribution in [2.45, 2.75) is 25.0 Å². The maximum atomic E-state index is 14.4. The van der Waals surface area contributed by atoms with Crippen molar-refractivity contribution in [2.75, 3.05) is 27.3 Å². The van der Waals surface area contributed by atoms with Crippen molar-refractivity contribution in [3.63, 3.8) is 0 Å². The number of hydrogen-bond donors (Lipinski definition) is 0. The molecule has 1 aliphatic rings. The van der Waals surface area contributed by atoms with Gasteiger partial charge in [0.05, 0.1) is 26.3 Å². The van der Waals surface area contributed by atoms with E-state index in [1.807, 2.05) is 60.7 Å². The lowest BCUT2D eigenvalue weighted by atomic mass is 9.93. The SMILES string of the molecule is COc1ccc(CC2C(=O)N(C(c3ccccc3)c3ccccc3)CCN2Cc2ccccc2)cc1OC.